The fourth-order valence-corrected chi connectivity index (χ4v) is 3.20. The Morgan fingerprint density at radius 2 is 1.48 bits per heavy atom. The Balaban J connectivity index is 1.78. The van der Waals surface area contributed by atoms with Crippen molar-refractivity contribution >= 4 is 17.6 Å². The summed E-state index contributed by atoms with van der Waals surface area (Å²) in [6.07, 6.45) is 0.342. The highest BCUT2D eigenvalue weighted by atomic mass is 35.5. The number of hydrogen-bond donors (Lipinski definition) is 1. The van der Waals surface area contributed by atoms with Crippen LogP contribution >= 0.6 is 11.6 Å². The van der Waals surface area contributed by atoms with Crippen molar-refractivity contribution in [3.8, 4) is 11.1 Å². The first kappa shape index (κ1) is 19.2. The van der Waals surface area contributed by atoms with Crippen LogP contribution in [0.4, 0.5) is 0 Å². The number of benzene rings is 3. The van der Waals surface area contributed by atoms with Crippen molar-refractivity contribution < 1.29 is 14.6 Å². The van der Waals surface area contributed by atoms with Crippen LogP contribution in [0.25, 0.3) is 11.1 Å². The van der Waals surface area contributed by atoms with Crippen LogP contribution in [-0.2, 0) is 21.7 Å². The first-order valence-corrected chi connectivity index (χ1v) is 9.21. The van der Waals surface area contributed by atoms with E-state index in [1.165, 1.54) is 0 Å². The molecule has 3 aromatic carbocycles. The van der Waals surface area contributed by atoms with Crippen LogP contribution in [0.1, 0.15) is 24.5 Å². The van der Waals surface area contributed by atoms with Gasteiger partial charge in [0.2, 0.25) is 0 Å². The predicted octanol–water partition coefficient (Wildman–Crippen LogP) is 5.91. The van der Waals surface area contributed by atoms with Gasteiger partial charge in [0, 0.05) is 5.02 Å². The van der Waals surface area contributed by atoms with Crippen molar-refractivity contribution in [3.63, 3.8) is 0 Å². The topological polar surface area (TPSA) is 46.5 Å². The molecule has 0 saturated carbocycles. The molecular formula is C23H21ClO3. The number of hydrogen-bond acceptors (Lipinski definition) is 2. The summed E-state index contributed by atoms with van der Waals surface area (Å²) in [7, 11) is 0. The smallest absolute Gasteiger partial charge is 0.340 e. The summed E-state index contributed by atoms with van der Waals surface area (Å²) in [4.78, 5) is 12.0. The highest BCUT2D eigenvalue weighted by Gasteiger charge is 2.39. The van der Waals surface area contributed by atoms with Crippen LogP contribution in [0.5, 0.6) is 0 Å². The molecule has 0 unspecified atom stereocenters. The molecule has 0 spiro atoms. The van der Waals surface area contributed by atoms with Gasteiger partial charge in [0.25, 0.3) is 0 Å². The largest absolute Gasteiger partial charge is 0.479 e. The molecule has 0 saturated heterocycles. The van der Waals surface area contributed by atoms with Gasteiger partial charge in [-0.2, -0.15) is 0 Å². The summed E-state index contributed by atoms with van der Waals surface area (Å²) in [6.45, 7) is 2.04. The molecule has 0 amide bonds. The third-order valence-corrected chi connectivity index (χ3v) is 4.95. The highest BCUT2D eigenvalue weighted by molar-refractivity contribution is 6.30. The van der Waals surface area contributed by atoms with Crippen molar-refractivity contribution in [2.24, 2.45) is 0 Å². The first-order valence-electron chi connectivity index (χ1n) is 8.83. The SMILES string of the molecule is CC[C@@](OCc1ccc(-c2ccc(Cl)cc2)cc1)(C(=O)O)c1ccccc1. The van der Waals surface area contributed by atoms with Gasteiger partial charge >= 0.3 is 5.97 Å². The van der Waals surface area contributed by atoms with E-state index in [2.05, 4.69) is 0 Å². The quantitative estimate of drug-likeness (QED) is 0.553. The molecule has 3 aromatic rings. The lowest BCUT2D eigenvalue weighted by molar-refractivity contribution is -0.170. The van der Waals surface area contributed by atoms with Crippen LogP contribution in [0.3, 0.4) is 0 Å². The van der Waals surface area contributed by atoms with Gasteiger partial charge in [-0.1, -0.05) is 85.3 Å². The Morgan fingerprint density at radius 3 is 2.00 bits per heavy atom. The van der Waals surface area contributed by atoms with Crippen molar-refractivity contribution in [1.29, 1.82) is 0 Å². The van der Waals surface area contributed by atoms with Gasteiger partial charge < -0.3 is 9.84 Å². The van der Waals surface area contributed by atoms with Crippen molar-refractivity contribution in [2.45, 2.75) is 25.6 Å². The number of aliphatic carboxylic acids is 1. The van der Waals surface area contributed by atoms with Crippen molar-refractivity contribution in [1.82, 2.24) is 0 Å². The molecule has 0 radical (unpaired) electrons. The van der Waals surface area contributed by atoms with E-state index in [9.17, 15) is 9.90 Å². The van der Waals surface area contributed by atoms with Gasteiger partial charge in [0.15, 0.2) is 5.60 Å². The van der Waals surface area contributed by atoms with E-state index in [-0.39, 0.29) is 6.61 Å². The molecule has 1 N–H and O–H groups in total. The lowest BCUT2D eigenvalue weighted by atomic mass is 9.91. The zero-order valence-electron chi connectivity index (χ0n) is 15.1. The van der Waals surface area contributed by atoms with E-state index in [0.717, 1.165) is 16.7 Å². The molecule has 4 heteroatoms. The minimum Gasteiger partial charge on any atom is -0.479 e. The number of rotatable bonds is 7. The Labute approximate surface area is 164 Å². The second-order valence-corrected chi connectivity index (χ2v) is 6.78. The molecule has 0 heterocycles. The molecule has 0 aromatic heterocycles. The Kier molecular flexibility index (Phi) is 5.94. The fraction of sp³-hybridized carbons (Fsp3) is 0.174. The average molecular weight is 381 g/mol. The Morgan fingerprint density at radius 1 is 0.926 bits per heavy atom. The van der Waals surface area contributed by atoms with Crippen LogP contribution in [0, 0.1) is 0 Å². The molecule has 0 aliphatic rings. The second-order valence-electron chi connectivity index (χ2n) is 6.34. The molecule has 0 aliphatic heterocycles. The van der Waals surface area contributed by atoms with E-state index < -0.39 is 11.6 Å². The van der Waals surface area contributed by atoms with Crippen molar-refractivity contribution in [2.75, 3.05) is 0 Å². The number of ether oxygens (including phenoxy) is 1. The normalized spacial score (nSPS) is 13.1. The van der Waals surface area contributed by atoms with Crippen LogP contribution in [0.15, 0.2) is 78.9 Å². The molecule has 3 nitrogen and oxygen atoms in total. The molecule has 3 rings (SSSR count). The summed E-state index contributed by atoms with van der Waals surface area (Å²) in [5.41, 5.74) is 2.36. The molecule has 0 bridgehead atoms. The van der Waals surface area contributed by atoms with E-state index in [1.54, 1.807) is 12.1 Å². The number of carboxylic acid groups (broad SMARTS) is 1. The summed E-state index contributed by atoms with van der Waals surface area (Å²) >= 11 is 5.93. The Bertz CT molecular complexity index is 889. The third-order valence-electron chi connectivity index (χ3n) is 4.70. The first-order chi connectivity index (χ1) is 13.0. The van der Waals surface area contributed by atoms with Gasteiger partial charge in [-0.25, -0.2) is 4.79 Å². The zero-order valence-corrected chi connectivity index (χ0v) is 15.8. The molecule has 0 fully saturated rings. The third kappa shape index (κ3) is 4.21. The Hall–Kier alpha value is -2.62. The standard InChI is InChI=1S/C23H21ClO3/c1-2-23(22(25)26,20-6-4-3-5-7-20)27-16-17-8-10-18(11-9-17)19-12-14-21(24)15-13-19/h3-15H,2,16H2,1H3,(H,25,26)/t23-/m0/s1. The van der Waals surface area contributed by atoms with Crippen LogP contribution < -0.4 is 0 Å². The minimum atomic E-state index is -1.35. The maximum Gasteiger partial charge on any atom is 0.340 e. The van der Waals surface area contributed by atoms with Gasteiger partial charge in [0.1, 0.15) is 0 Å². The number of carbonyl (C=O) groups is 1. The lowest BCUT2D eigenvalue weighted by Crippen LogP contribution is -2.38. The average Bonchev–Trinajstić information content (AvgIpc) is 2.70. The molecular weight excluding hydrogens is 360 g/mol. The summed E-state index contributed by atoms with van der Waals surface area (Å²) in [5.74, 6) is -0.978. The summed E-state index contributed by atoms with van der Waals surface area (Å²) < 4.78 is 5.96. The number of carboxylic acids is 1. The van der Waals surface area contributed by atoms with E-state index in [4.69, 9.17) is 16.3 Å². The second kappa shape index (κ2) is 8.38. The van der Waals surface area contributed by atoms with E-state index in [0.29, 0.717) is 17.0 Å². The van der Waals surface area contributed by atoms with Crippen LogP contribution in [-0.4, -0.2) is 11.1 Å². The lowest BCUT2D eigenvalue weighted by Gasteiger charge is -2.29. The van der Waals surface area contributed by atoms with E-state index >= 15 is 0 Å². The van der Waals surface area contributed by atoms with Gasteiger partial charge in [-0.3, -0.25) is 0 Å². The molecule has 138 valence electrons. The highest BCUT2D eigenvalue weighted by Crippen LogP contribution is 2.31. The maximum atomic E-state index is 12.0. The van der Waals surface area contributed by atoms with E-state index in [1.807, 2.05) is 73.7 Å². The fourth-order valence-electron chi connectivity index (χ4n) is 3.08. The van der Waals surface area contributed by atoms with Crippen molar-refractivity contribution in [3.05, 3.63) is 95.0 Å². The molecule has 0 aliphatic carbocycles. The van der Waals surface area contributed by atoms with Crippen LogP contribution in [0.2, 0.25) is 5.02 Å². The van der Waals surface area contributed by atoms with Gasteiger partial charge in [0.05, 0.1) is 6.61 Å². The predicted molar refractivity (Wildman–Crippen MR) is 108 cm³/mol. The monoisotopic (exact) mass is 380 g/mol. The van der Waals surface area contributed by atoms with Gasteiger partial charge in [-0.05, 0) is 40.8 Å². The summed E-state index contributed by atoms with van der Waals surface area (Å²) in [6, 6.07) is 24.7. The number of halogens is 1. The zero-order chi connectivity index (χ0) is 19.3. The molecule has 27 heavy (non-hydrogen) atoms. The minimum absolute atomic E-state index is 0.218. The summed E-state index contributed by atoms with van der Waals surface area (Å²) in [5, 5.41) is 10.5. The van der Waals surface area contributed by atoms with Gasteiger partial charge in [-0.15, -0.1) is 0 Å². The molecule has 1 atom stereocenters. The maximum absolute atomic E-state index is 12.0.